The highest BCUT2D eigenvalue weighted by Gasteiger charge is 2.36. The fourth-order valence-corrected chi connectivity index (χ4v) is 2.95. The second kappa shape index (κ2) is 6.53. The first-order chi connectivity index (χ1) is 10.7. The largest absolute Gasteiger partial charge is 0.379 e. The Hall–Kier alpha value is -1.81. The van der Waals surface area contributed by atoms with Crippen molar-refractivity contribution in [3.05, 3.63) is 57.5 Å². The predicted octanol–water partition coefficient (Wildman–Crippen LogP) is 3.55. The number of hydrogen-bond acceptors (Lipinski definition) is 3. The highest BCUT2D eigenvalue weighted by molar-refractivity contribution is 6.32. The molecule has 5 heteroatoms. The molecule has 1 fully saturated rings. The molecule has 1 aliphatic carbocycles. The van der Waals surface area contributed by atoms with Gasteiger partial charge in [-0.15, -0.1) is 0 Å². The van der Waals surface area contributed by atoms with Crippen molar-refractivity contribution in [2.75, 3.05) is 5.32 Å². The van der Waals surface area contributed by atoms with E-state index in [0.29, 0.717) is 24.2 Å². The maximum atomic E-state index is 12.3. The minimum absolute atomic E-state index is 0.230. The predicted molar refractivity (Wildman–Crippen MR) is 89.5 cm³/mol. The standard InChI is InChI=1S/C17H20ClN3O/c1-2-6-13-9-14(13)20-15-10-19-21(17(22)16(15)18)11-12-7-4-3-5-8-12/h3-5,7-8,10,13-14,20H,2,6,9,11H2,1H3. The van der Waals surface area contributed by atoms with Crippen LogP contribution in [0.4, 0.5) is 5.69 Å². The van der Waals surface area contributed by atoms with E-state index in [1.165, 1.54) is 17.5 Å². The molecule has 0 saturated heterocycles. The van der Waals surface area contributed by atoms with Crippen LogP contribution in [0.5, 0.6) is 0 Å². The van der Waals surface area contributed by atoms with E-state index in [4.69, 9.17) is 11.6 Å². The SMILES string of the molecule is CCCC1CC1Nc1cnn(Cc2ccccc2)c(=O)c1Cl. The molecule has 0 bridgehead atoms. The van der Waals surface area contributed by atoms with Crippen LogP contribution in [0.2, 0.25) is 5.02 Å². The molecule has 1 aromatic heterocycles. The van der Waals surface area contributed by atoms with Crippen LogP contribution in [-0.2, 0) is 6.54 Å². The Kier molecular flexibility index (Phi) is 4.48. The van der Waals surface area contributed by atoms with Crippen LogP contribution in [0.3, 0.4) is 0 Å². The molecule has 3 rings (SSSR count). The van der Waals surface area contributed by atoms with Gasteiger partial charge in [0.25, 0.3) is 5.56 Å². The quantitative estimate of drug-likeness (QED) is 0.886. The minimum atomic E-state index is -0.247. The number of benzene rings is 1. The molecule has 2 atom stereocenters. The summed E-state index contributed by atoms with van der Waals surface area (Å²) in [6, 6.07) is 10.2. The topological polar surface area (TPSA) is 46.9 Å². The van der Waals surface area contributed by atoms with Crippen LogP contribution in [0.15, 0.2) is 41.3 Å². The van der Waals surface area contributed by atoms with Gasteiger partial charge in [0.05, 0.1) is 18.4 Å². The Morgan fingerprint density at radius 3 is 2.86 bits per heavy atom. The summed E-state index contributed by atoms with van der Waals surface area (Å²) in [6.45, 7) is 2.62. The number of rotatable bonds is 6. The molecule has 0 radical (unpaired) electrons. The van der Waals surface area contributed by atoms with Gasteiger partial charge in [-0.05, 0) is 24.3 Å². The van der Waals surface area contributed by atoms with E-state index in [1.807, 2.05) is 30.3 Å². The van der Waals surface area contributed by atoms with Crippen LogP contribution in [0.25, 0.3) is 0 Å². The van der Waals surface area contributed by atoms with Gasteiger partial charge in [0.2, 0.25) is 0 Å². The van der Waals surface area contributed by atoms with Crippen LogP contribution < -0.4 is 10.9 Å². The van der Waals surface area contributed by atoms with Gasteiger partial charge in [0.15, 0.2) is 0 Å². The van der Waals surface area contributed by atoms with Gasteiger partial charge >= 0.3 is 0 Å². The lowest BCUT2D eigenvalue weighted by atomic mass is 10.2. The van der Waals surface area contributed by atoms with Crippen molar-refractivity contribution in [1.29, 1.82) is 0 Å². The molecule has 1 aromatic carbocycles. The maximum Gasteiger partial charge on any atom is 0.287 e. The Labute approximate surface area is 135 Å². The third-order valence-corrected chi connectivity index (χ3v) is 4.45. The average molecular weight is 318 g/mol. The summed E-state index contributed by atoms with van der Waals surface area (Å²) in [5.41, 5.74) is 1.43. The molecule has 116 valence electrons. The Morgan fingerprint density at radius 2 is 2.14 bits per heavy atom. The number of anilines is 1. The summed E-state index contributed by atoms with van der Waals surface area (Å²) < 4.78 is 1.40. The smallest absolute Gasteiger partial charge is 0.287 e. The molecule has 0 aliphatic heterocycles. The van der Waals surface area contributed by atoms with E-state index in [2.05, 4.69) is 17.3 Å². The van der Waals surface area contributed by atoms with Crippen LogP contribution >= 0.6 is 11.6 Å². The molecule has 4 nitrogen and oxygen atoms in total. The lowest BCUT2D eigenvalue weighted by Gasteiger charge is -2.10. The van der Waals surface area contributed by atoms with Gasteiger partial charge in [-0.2, -0.15) is 5.10 Å². The zero-order valence-electron chi connectivity index (χ0n) is 12.6. The van der Waals surface area contributed by atoms with Gasteiger partial charge < -0.3 is 5.32 Å². The molecule has 0 amide bonds. The van der Waals surface area contributed by atoms with E-state index in [9.17, 15) is 4.79 Å². The Morgan fingerprint density at radius 1 is 1.36 bits per heavy atom. The van der Waals surface area contributed by atoms with E-state index < -0.39 is 0 Å². The van der Waals surface area contributed by atoms with Gasteiger partial charge in [-0.1, -0.05) is 55.3 Å². The number of hydrogen-bond donors (Lipinski definition) is 1. The first kappa shape index (κ1) is 15.1. The first-order valence-corrected chi connectivity index (χ1v) is 8.13. The van der Waals surface area contributed by atoms with Crippen LogP contribution in [0, 0.1) is 5.92 Å². The molecule has 0 spiro atoms. The van der Waals surface area contributed by atoms with E-state index >= 15 is 0 Å². The molecule has 1 saturated carbocycles. The van der Waals surface area contributed by atoms with Crippen molar-refractivity contribution in [2.24, 2.45) is 5.92 Å². The summed E-state index contributed by atoms with van der Waals surface area (Å²) in [5, 5.41) is 7.82. The number of halogens is 1. The van der Waals surface area contributed by atoms with Crippen LogP contribution in [0.1, 0.15) is 31.7 Å². The fraction of sp³-hybridized carbons (Fsp3) is 0.412. The van der Waals surface area contributed by atoms with Crippen molar-refractivity contribution in [3.8, 4) is 0 Å². The summed E-state index contributed by atoms with van der Waals surface area (Å²) in [5.74, 6) is 0.702. The highest BCUT2D eigenvalue weighted by atomic mass is 35.5. The summed E-state index contributed by atoms with van der Waals surface area (Å²) in [4.78, 5) is 12.3. The molecule has 2 unspecified atom stereocenters. The monoisotopic (exact) mass is 317 g/mol. The van der Waals surface area contributed by atoms with Crippen molar-refractivity contribution in [3.63, 3.8) is 0 Å². The molecule has 2 aromatic rings. The summed E-state index contributed by atoms with van der Waals surface area (Å²) in [6.07, 6.45) is 5.21. The fourth-order valence-electron chi connectivity index (χ4n) is 2.75. The zero-order valence-corrected chi connectivity index (χ0v) is 13.4. The third kappa shape index (κ3) is 3.33. The van der Waals surface area contributed by atoms with Crippen molar-refractivity contribution < 1.29 is 0 Å². The molecular formula is C17H20ClN3O. The lowest BCUT2D eigenvalue weighted by Crippen LogP contribution is -2.25. The van der Waals surface area contributed by atoms with Gasteiger partial charge in [-0.25, -0.2) is 4.68 Å². The van der Waals surface area contributed by atoms with E-state index in [0.717, 1.165) is 12.0 Å². The second-order valence-electron chi connectivity index (χ2n) is 5.86. The van der Waals surface area contributed by atoms with E-state index in [1.54, 1.807) is 6.20 Å². The number of nitrogens with zero attached hydrogens (tertiary/aromatic N) is 2. The Balaban J connectivity index is 1.73. The van der Waals surface area contributed by atoms with Crippen molar-refractivity contribution in [1.82, 2.24) is 9.78 Å². The van der Waals surface area contributed by atoms with Gasteiger partial charge in [0.1, 0.15) is 5.02 Å². The number of aromatic nitrogens is 2. The Bertz CT molecular complexity index is 699. The average Bonchev–Trinajstić information content (AvgIpc) is 3.26. The molecule has 1 aliphatic rings. The zero-order chi connectivity index (χ0) is 15.5. The molecule has 1 heterocycles. The summed E-state index contributed by atoms with van der Waals surface area (Å²) in [7, 11) is 0. The maximum absolute atomic E-state index is 12.3. The molecular weight excluding hydrogens is 298 g/mol. The normalized spacial score (nSPS) is 19.9. The molecule has 1 N–H and O–H groups in total. The van der Waals surface area contributed by atoms with Gasteiger partial charge in [0, 0.05) is 6.04 Å². The van der Waals surface area contributed by atoms with Crippen molar-refractivity contribution in [2.45, 2.75) is 38.8 Å². The highest BCUT2D eigenvalue weighted by Crippen LogP contribution is 2.37. The van der Waals surface area contributed by atoms with Crippen molar-refractivity contribution >= 4 is 17.3 Å². The third-order valence-electron chi connectivity index (χ3n) is 4.08. The lowest BCUT2D eigenvalue weighted by molar-refractivity contribution is 0.639. The summed E-state index contributed by atoms with van der Waals surface area (Å²) >= 11 is 6.23. The number of nitrogens with one attached hydrogen (secondary N) is 1. The van der Waals surface area contributed by atoms with Gasteiger partial charge in [-0.3, -0.25) is 4.79 Å². The first-order valence-electron chi connectivity index (χ1n) is 7.75. The molecule has 22 heavy (non-hydrogen) atoms. The van der Waals surface area contributed by atoms with Crippen LogP contribution in [-0.4, -0.2) is 15.8 Å². The van der Waals surface area contributed by atoms with E-state index in [-0.39, 0.29) is 10.6 Å². The minimum Gasteiger partial charge on any atom is -0.379 e. The second-order valence-corrected chi connectivity index (χ2v) is 6.23.